The molecule has 102 valence electrons. The number of imidazole rings is 1. The molecule has 1 aromatic carbocycles. The third-order valence-electron chi connectivity index (χ3n) is 4.05. The standard InChI is InChI=1S/C14H18FN3S/c1-17-7-3-2-4-11(17)9-18-13-8-10(15)5-6-12(13)16-14(18)19/h5-6,8,11H,2-4,7,9H2,1H3,(H,16,19). The quantitative estimate of drug-likeness (QED) is 0.853. The number of aromatic amines is 1. The first-order valence-electron chi connectivity index (χ1n) is 6.73. The number of nitrogens with zero attached hydrogens (tertiary/aromatic N) is 2. The molecule has 19 heavy (non-hydrogen) atoms. The number of piperidine rings is 1. The number of hydrogen-bond acceptors (Lipinski definition) is 2. The molecule has 0 aliphatic carbocycles. The number of fused-ring (bicyclic) bond motifs is 1. The summed E-state index contributed by atoms with van der Waals surface area (Å²) in [7, 11) is 2.16. The third-order valence-corrected chi connectivity index (χ3v) is 4.37. The number of likely N-dealkylation sites (tertiary alicyclic amines) is 1. The van der Waals surface area contributed by atoms with Crippen LogP contribution >= 0.6 is 12.2 Å². The Morgan fingerprint density at radius 3 is 3.05 bits per heavy atom. The van der Waals surface area contributed by atoms with Crippen molar-refractivity contribution in [1.82, 2.24) is 14.5 Å². The minimum atomic E-state index is -0.216. The van der Waals surface area contributed by atoms with Crippen molar-refractivity contribution in [2.24, 2.45) is 0 Å². The van der Waals surface area contributed by atoms with E-state index in [4.69, 9.17) is 12.2 Å². The van der Waals surface area contributed by atoms with E-state index in [9.17, 15) is 4.39 Å². The predicted octanol–water partition coefficient (Wildman–Crippen LogP) is 3.32. The van der Waals surface area contributed by atoms with E-state index in [2.05, 4.69) is 16.9 Å². The lowest BCUT2D eigenvalue weighted by Crippen LogP contribution is -2.39. The number of hydrogen-bond donors (Lipinski definition) is 1. The molecular formula is C14H18FN3S. The molecule has 2 aromatic rings. The van der Waals surface area contributed by atoms with Crippen molar-refractivity contribution in [2.75, 3.05) is 13.6 Å². The lowest BCUT2D eigenvalue weighted by molar-refractivity contribution is 0.168. The number of aromatic nitrogens is 2. The summed E-state index contributed by atoms with van der Waals surface area (Å²) in [5, 5.41) is 0. The maximum Gasteiger partial charge on any atom is 0.178 e. The molecule has 1 N–H and O–H groups in total. The minimum absolute atomic E-state index is 0.216. The van der Waals surface area contributed by atoms with E-state index in [0.29, 0.717) is 10.8 Å². The molecule has 1 aromatic heterocycles. The van der Waals surface area contributed by atoms with Crippen LogP contribution in [-0.2, 0) is 6.54 Å². The van der Waals surface area contributed by atoms with Crippen LogP contribution < -0.4 is 0 Å². The van der Waals surface area contributed by atoms with E-state index < -0.39 is 0 Å². The second-order valence-corrected chi connectivity index (χ2v) is 5.72. The van der Waals surface area contributed by atoms with Crippen molar-refractivity contribution in [1.29, 1.82) is 0 Å². The zero-order valence-electron chi connectivity index (χ0n) is 11.0. The molecule has 1 atom stereocenters. The summed E-state index contributed by atoms with van der Waals surface area (Å²) < 4.78 is 16.1. The second-order valence-electron chi connectivity index (χ2n) is 5.33. The fourth-order valence-electron chi connectivity index (χ4n) is 2.89. The Balaban J connectivity index is 1.97. The zero-order chi connectivity index (χ0) is 13.4. The Labute approximate surface area is 117 Å². The Morgan fingerprint density at radius 2 is 2.26 bits per heavy atom. The molecule has 5 heteroatoms. The fourth-order valence-corrected chi connectivity index (χ4v) is 3.18. The lowest BCUT2D eigenvalue weighted by atomic mass is 10.0. The molecule has 1 aliphatic heterocycles. The third kappa shape index (κ3) is 2.44. The summed E-state index contributed by atoms with van der Waals surface area (Å²) in [6, 6.07) is 5.26. The van der Waals surface area contributed by atoms with Gasteiger partial charge in [0.05, 0.1) is 11.0 Å². The Kier molecular flexibility index (Phi) is 3.41. The maximum absolute atomic E-state index is 13.4. The van der Waals surface area contributed by atoms with Crippen molar-refractivity contribution < 1.29 is 4.39 Å². The maximum atomic E-state index is 13.4. The highest BCUT2D eigenvalue weighted by atomic mass is 32.1. The highest BCUT2D eigenvalue weighted by Gasteiger charge is 2.20. The molecule has 0 bridgehead atoms. The Bertz CT molecular complexity index is 646. The summed E-state index contributed by atoms with van der Waals surface area (Å²) in [6.45, 7) is 1.97. The number of likely N-dealkylation sites (N-methyl/N-ethyl adjacent to an activating group) is 1. The van der Waals surface area contributed by atoms with Gasteiger partial charge in [-0.1, -0.05) is 6.42 Å². The minimum Gasteiger partial charge on any atom is -0.331 e. The average Bonchev–Trinajstić information content (AvgIpc) is 2.69. The smallest absolute Gasteiger partial charge is 0.178 e. The van der Waals surface area contributed by atoms with E-state index in [1.807, 2.05) is 4.57 Å². The van der Waals surface area contributed by atoms with Crippen LogP contribution in [0.5, 0.6) is 0 Å². The van der Waals surface area contributed by atoms with Crippen LogP contribution in [0.25, 0.3) is 11.0 Å². The molecule has 0 spiro atoms. The summed E-state index contributed by atoms with van der Waals surface area (Å²) in [6.07, 6.45) is 3.71. The van der Waals surface area contributed by atoms with Gasteiger partial charge >= 0.3 is 0 Å². The largest absolute Gasteiger partial charge is 0.331 e. The number of benzene rings is 1. The van der Waals surface area contributed by atoms with Crippen LogP contribution in [-0.4, -0.2) is 34.1 Å². The first kappa shape index (κ1) is 12.8. The molecule has 1 aliphatic rings. The van der Waals surface area contributed by atoms with Gasteiger partial charge in [-0.3, -0.25) is 0 Å². The van der Waals surface area contributed by atoms with E-state index in [-0.39, 0.29) is 5.82 Å². The van der Waals surface area contributed by atoms with Crippen molar-refractivity contribution in [3.05, 3.63) is 28.8 Å². The van der Waals surface area contributed by atoms with E-state index >= 15 is 0 Å². The van der Waals surface area contributed by atoms with Gasteiger partial charge < -0.3 is 14.5 Å². The summed E-state index contributed by atoms with van der Waals surface area (Å²) in [4.78, 5) is 5.53. The van der Waals surface area contributed by atoms with Crippen molar-refractivity contribution in [3.8, 4) is 0 Å². The van der Waals surface area contributed by atoms with Crippen molar-refractivity contribution in [2.45, 2.75) is 31.8 Å². The van der Waals surface area contributed by atoms with E-state index in [1.165, 1.54) is 25.3 Å². The topological polar surface area (TPSA) is 24.0 Å². The van der Waals surface area contributed by atoms with Crippen LogP contribution in [0.15, 0.2) is 18.2 Å². The highest BCUT2D eigenvalue weighted by molar-refractivity contribution is 7.71. The van der Waals surface area contributed by atoms with Crippen LogP contribution in [0.1, 0.15) is 19.3 Å². The molecule has 3 nitrogen and oxygen atoms in total. The number of H-pyrrole nitrogens is 1. The summed E-state index contributed by atoms with van der Waals surface area (Å²) in [5.74, 6) is -0.216. The van der Waals surface area contributed by atoms with Crippen molar-refractivity contribution >= 4 is 23.3 Å². The van der Waals surface area contributed by atoms with Gasteiger partial charge in [-0.05, 0) is 56.9 Å². The van der Waals surface area contributed by atoms with Gasteiger partial charge in [0.1, 0.15) is 5.82 Å². The first-order chi connectivity index (χ1) is 9.15. The first-order valence-corrected chi connectivity index (χ1v) is 7.14. The Morgan fingerprint density at radius 1 is 1.42 bits per heavy atom. The molecular weight excluding hydrogens is 261 g/mol. The zero-order valence-corrected chi connectivity index (χ0v) is 11.8. The Hall–Kier alpha value is -1.20. The number of halogens is 1. The monoisotopic (exact) mass is 279 g/mol. The van der Waals surface area contributed by atoms with Crippen LogP contribution in [0, 0.1) is 10.6 Å². The molecule has 0 radical (unpaired) electrons. The summed E-state index contributed by atoms with van der Waals surface area (Å²) >= 11 is 5.37. The predicted molar refractivity (Wildman–Crippen MR) is 77.3 cm³/mol. The fraction of sp³-hybridized carbons (Fsp3) is 0.500. The molecule has 0 amide bonds. The van der Waals surface area contributed by atoms with E-state index in [0.717, 1.165) is 24.1 Å². The van der Waals surface area contributed by atoms with Gasteiger partial charge in [0, 0.05) is 12.6 Å². The van der Waals surface area contributed by atoms with Gasteiger partial charge in [0.15, 0.2) is 4.77 Å². The van der Waals surface area contributed by atoms with Gasteiger partial charge in [0.2, 0.25) is 0 Å². The summed E-state index contributed by atoms with van der Waals surface area (Å²) in [5.41, 5.74) is 1.77. The van der Waals surface area contributed by atoms with Crippen LogP contribution in [0.4, 0.5) is 4.39 Å². The molecule has 1 fully saturated rings. The SMILES string of the molecule is CN1CCCCC1Cn1c(=S)[nH]c2ccc(F)cc21. The molecule has 0 saturated carbocycles. The van der Waals surface area contributed by atoms with E-state index in [1.54, 1.807) is 12.1 Å². The van der Waals surface area contributed by atoms with Gasteiger partial charge in [-0.15, -0.1) is 0 Å². The molecule has 1 unspecified atom stereocenters. The second kappa shape index (κ2) is 5.06. The van der Waals surface area contributed by atoms with Gasteiger partial charge in [-0.2, -0.15) is 0 Å². The van der Waals surface area contributed by atoms with Gasteiger partial charge in [0.25, 0.3) is 0 Å². The van der Waals surface area contributed by atoms with Crippen LogP contribution in [0.2, 0.25) is 0 Å². The average molecular weight is 279 g/mol. The normalized spacial score (nSPS) is 21.1. The number of nitrogens with one attached hydrogen (secondary N) is 1. The molecule has 3 rings (SSSR count). The van der Waals surface area contributed by atoms with Crippen LogP contribution in [0.3, 0.4) is 0 Å². The lowest BCUT2D eigenvalue weighted by Gasteiger charge is -2.32. The number of rotatable bonds is 2. The van der Waals surface area contributed by atoms with Crippen molar-refractivity contribution in [3.63, 3.8) is 0 Å². The highest BCUT2D eigenvalue weighted by Crippen LogP contribution is 2.21. The molecule has 1 saturated heterocycles. The molecule has 2 heterocycles. The van der Waals surface area contributed by atoms with Gasteiger partial charge in [-0.25, -0.2) is 4.39 Å².